The van der Waals surface area contributed by atoms with Crippen LogP contribution < -0.4 is 11.2 Å². The normalized spacial score (nSPS) is 28.7. The molecule has 20 heavy (non-hydrogen) atoms. The molecule has 8 nitrogen and oxygen atoms in total. The molecule has 0 spiro atoms. The molecule has 1 aliphatic rings. The molecular weight excluding hydrogens is 268 g/mol. The maximum absolute atomic E-state index is 11.8. The van der Waals surface area contributed by atoms with Crippen LogP contribution in [0.2, 0.25) is 0 Å². The number of nitrogens with zero attached hydrogens (tertiary/aromatic N) is 1. The van der Waals surface area contributed by atoms with Crippen LogP contribution in [0.5, 0.6) is 0 Å². The third-order valence-corrected chi connectivity index (χ3v) is 3.89. The largest absolute Gasteiger partial charge is 0.393 e. The smallest absolute Gasteiger partial charge is 0.330 e. The Labute approximate surface area is 114 Å². The molecule has 0 bridgehead atoms. The molecule has 3 N–H and O–H groups in total. The van der Waals surface area contributed by atoms with Crippen LogP contribution in [0.4, 0.5) is 0 Å². The predicted octanol–water partition coefficient (Wildman–Crippen LogP) is -1.56. The van der Waals surface area contributed by atoms with Gasteiger partial charge in [-0.25, -0.2) is 4.79 Å². The maximum Gasteiger partial charge on any atom is 0.330 e. The molecule has 1 aliphatic heterocycles. The molecule has 1 aromatic heterocycles. The Balaban J connectivity index is 2.46. The van der Waals surface area contributed by atoms with E-state index in [1.165, 1.54) is 23.9 Å². The summed E-state index contributed by atoms with van der Waals surface area (Å²) < 4.78 is 12.2. The quantitative estimate of drug-likeness (QED) is 0.617. The van der Waals surface area contributed by atoms with Crippen molar-refractivity contribution < 1.29 is 19.7 Å². The Hall–Kier alpha value is -1.48. The number of hydrogen-bond acceptors (Lipinski definition) is 6. The fourth-order valence-electron chi connectivity index (χ4n) is 2.54. The molecule has 0 amide bonds. The van der Waals surface area contributed by atoms with Crippen LogP contribution in [0, 0.1) is 5.92 Å². The lowest BCUT2D eigenvalue weighted by atomic mass is 9.88. The molecule has 2 heterocycles. The van der Waals surface area contributed by atoms with Crippen molar-refractivity contribution in [2.75, 3.05) is 20.3 Å². The number of rotatable bonds is 4. The second kappa shape index (κ2) is 5.49. The van der Waals surface area contributed by atoms with Gasteiger partial charge in [0.1, 0.15) is 11.7 Å². The molecule has 0 aromatic carbocycles. The van der Waals surface area contributed by atoms with E-state index < -0.39 is 42.4 Å². The highest BCUT2D eigenvalue weighted by Gasteiger charge is 2.53. The number of aromatic nitrogens is 2. The molecule has 3 atom stereocenters. The summed E-state index contributed by atoms with van der Waals surface area (Å²) in [6, 6.07) is 1.19. The number of ether oxygens (including phenoxy) is 2. The third kappa shape index (κ3) is 2.20. The van der Waals surface area contributed by atoms with Gasteiger partial charge in [0.05, 0.1) is 13.2 Å². The molecule has 2 rings (SSSR count). The molecule has 0 unspecified atom stereocenters. The molecule has 0 saturated carbocycles. The molecule has 8 heteroatoms. The van der Waals surface area contributed by atoms with Gasteiger partial charge in [-0.05, 0) is 0 Å². The summed E-state index contributed by atoms with van der Waals surface area (Å²) in [5.41, 5.74) is -2.34. The number of H-pyrrole nitrogens is 1. The average molecular weight is 286 g/mol. The van der Waals surface area contributed by atoms with E-state index >= 15 is 0 Å². The zero-order chi connectivity index (χ0) is 14.9. The molecule has 1 aromatic rings. The summed E-state index contributed by atoms with van der Waals surface area (Å²) in [7, 11) is 1.46. The van der Waals surface area contributed by atoms with Gasteiger partial charge >= 0.3 is 5.69 Å². The van der Waals surface area contributed by atoms with Gasteiger partial charge in [0.15, 0.2) is 6.23 Å². The molecule has 0 aliphatic carbocycles. The van der Waals surface area contributed by atoms with Crippen LogP contribution in [0.3, 0.4) is 0 Å². The summed E-state index contributed by atoms with van der Waals surface area (Å²) in [5.74, 6) is -0.341. The van der Waals surface area contributed by atoms with Gasteiger partial charge in [-0.2, -0.15) is 0 Å². The van der Waals surface area contributed by atoms with Crippen molar-refractivity contribution in [1.82, 2.24) is 9.55 Å². The average Bonchev–Trinajstić information content (AvgIpc) is 2.71. The number of hydrogen-bond donors (Lipinski definition) is 3. The summed E-state index contributed by atoms with van der Waals surface area (Å²) >= 11 is 0. The van der Waals surface area contributed by atoms with Crippen molar-refractivity contribution in [2.24, 2.45) is 5.92 Å². The number of aliphatic hydroxyl groups excluding tert-OH is 2. The van der Waals surface area contributed by atoms with E-state index in [1.54, 1.807) is 6.92 Å². The van der Waals surface area contributed by atoms with Crippen LogP contribution in [0.25, 0.3) is 0 Å². The lowest BCUT2D eigenvalue weighted by Crippen LogP contribution is -2.44. The maximum atomic E-state index is 11.8. The Morgan fingerprint density at radius 3 is 2.60 bits per heavy atom. The Morgan fingerprint density at radius 1 is 1.45 bits per heavy atom. The zero-order valence-corrected chi connectivity index (χ0v) is 11.3. The van der Waals surface area contributed by atoms with Crippen molar-refractivity contribution >= 4 is 0 Å². The van der Waals surface area contributed by atoms with E-state index in [0.717, 1.165) is 0 Å². The van der Waals surface area contributed by atoms with Crippen LogP contribution >= 0.6 is 0 Å². The summed E-state index contributed by atoms with van der Waals surface area (Å²) in [5, 5.41) is 19.0. The molecular formula is C12H18N2O6. The SMILES string of the molecule is CO[C@@H]1[C@H](n2ccc(=O)[nH]c2=O)OC(CO)(CO)[C@H]1C. The van der Waals surface area contributed by atoms with E-state index in [4.69, 9.17) is 9.47 Å². The predicted molar refractivity (Wildman–Crippen MR) is 68.3 cm³/mol. The van der Waals surface area contributed by atoms with E-state index in [2.05, 4.69) is 4.98 Å². The number of aliphatic hydroxyl groups is 2. The summed E-state index contributed by atoms with van der Waals surface area (Å²) in [6.45, 7) is 0.954. The zero-order valence-electron chi connectivity index (χ0n) is 11.3. The second-order valence-electron chi connectivity index (χ2n) is 4.90. The van der Waals surface area contributed by atoms with Gasteiger partial charge in [-0.1, -0.05) is 6.92 Å². The Bertz CT molecular complexity index is 576. The molecule has 112 valence electrons. The van der Waals surface area contributed by atoms with Gasteiger partial charge in [0, 0.05) is 25.3 Å². The summed E-state index contributed by atoms with van der Waals surface area (Å²) in [4.78, 5) is 25.1. The Kier molecular flexibility index (Phi) is 4.09. The summed E-state index contributed by atoms with van der Waals surface area (Å²) in [6.07, 6.45) is -0.0772. The van der Waals surface area contributed by atoms with Crippen LogP contribution in [-0.4, -0.2) is 51.8 Å². The fourth-order valence-corrected chi connectivity index (χ4v) is 2.54. The van der Waals surface area contributed by atoms with E-state index in [1.807, 2.05) is 0 Å². The van der Waals surface area contributed by atoms with E-state index in [0.29, 0.717) is 0 Å². The Morgan fingerprint density at radius 2 is 2.10 bits per heavy atom. The van der Waals surface area contributed by atoms with Gasteiger partial charge in [-0.15, -0.1) is 0 Å². The first-order chi connectivity index (χ1) is 9.49. The minimum absolute atomic E-state index is 0.341. The van der Waals surface area contributed by atoms with Crippen molar-refractivity contribution in [3.05, 3.63) is 33.1 Å². The lowest BCUT2D eigenvalue weighted by Gasteiger charge is -2.28. The van der Waals surface area contributed by atoms with Crippen LogP contribution in [0.15, 0.2) is 21.9 Å². The van der Waals surface area contributed by atoms with E-state index in [-0.39, 0.29) is 5.92 Å². The number of nitrogens with one attached hydrogen (secondary N) is 1. The highest BCUT2D eigenvalue weighted by atomic mass is 16.6. The van der Waals surface area contributed by atoms with Crippen molar-refractivity contribution in [2.45, 2.75) is 24.9 Å². The number of aromatic amines is 1. The lowest BCUT2D eigenvalue weighted by molar-refractivity contribution is -0.138. The fraction of sp³-hybridized carbons (Fsp3) is 0.667. The molecule has 1 saturated heterocycles. The first-order valence-corrected chi connectivity index (χ1v) is 6.23. The van der Waals surface area contributed by atoms with Crippen molar-refractivity contribution in [3.63, 3.8) is 0 Å². The molecule has 0 radical (unpaired) electrons. The third-order valence-electron chi connectivity index (χ3n) is 3.89. The standard InChI is InChI=1S/C12H18N2O6/c1-7-9(19-2)10(20-12(7,5-15)6-16)14-4-3-8(17)13-11(14)18/h3-4,7,9-10,15-16H,5-6H2,1-2H3,(H,13,17,18)/t7-,9-,10+/m0/s1. The first-order valence-electron chi connectivity index (χ1n) is 6.23. The highest BCUT2D eigenvalue weighted by molar-refractivity contribution is 5.00. The van der Waals surface area contributed by atoms with Gasteiger partial charge in [0.25, 0.3) is 5.56 Å². The minimum Gasteiger partial charge on any atom is -0.393 e. The number of methoxy groups -OCH3 is 1. The van der Waals surface area contributed by atoms with Gasteiger partial charge in [-0.3, -0.25) is 14.3 Å². The van der Waals surface area contributed by atoms with Crippen LogP contribution in [0.1, 0.15) is 13.2 Å². The highest BCUT2D eigenvalue weighted by Crippen LogP contribution is 2.41. The van der Waals surface area contributed by atoms with E-state index in [9.17, 15) is 19.8 Å². The molecule has 1 fully saturated rings. The topological polar surface area (TPSA) is 114 Å². The van der Waals surface area contributed by atoms with Crippen LogP contribution in [-0.2, 0) is 9.47 Å². The monoisotopic (exact) mass is 286 g/mol. The van der Waals surface area contributed by atoms with Gasteiger partial charge in [0.2, 0.25) is 0 Å². The first kappa shape index (κ1) is 14.9. The second-order valence-corrected chi connectivity index (χ2v) is 4.90. The van der Waals surface area contributed by atoms with Crippen molar-refractivity contribution in [1.29, 1.82) is 0 Å². The van der Waals surface area contributed by atoms with Crippen molar-refractivity contribution in [3.8, 4) is 0 Å². The van der Waals surface area contributed by atoms with Gasteiger partial charge < -0.3 is 19.7 Å². The minimum atomic E-state index is -1.19.